The number of benzene rings is 4. The summed E-state index contributed by atoms with van der Waals surface area (Å²) in [6.07, 6.45) is 0.544. The van der Waals surface area contributed by atoms with Crippen molar-refractivity contribution >= 4 is 93.3 Å². The number of anilines is 1. The molecule has 0 saturated carbocycles. The number of carbonyl (C=O) groups is 2. The average molecular weight is 906 g/mol. The predicted molar refractivity (Wildman–Crippen MR) is 180 cm³/mol. The molecule has 0 unspecified atom stereocenters. The van der Waals surface area contributed by atoms with E-state index < -0.39 is 107 Å². The van der Waals surface area contributed by atoms with Gasteiger partial charge in [0.2, 0.25) is 22.3 Å². The van der Waals surface area contributed by atoms with Crippen molar-refractivity contribution in [2.75, 3.05) is 5.43 Å². The van der Waals surface area contributed by atoms with Gasteiger partial charge in [-0.2, -0.15) is 18.5 Å². The number of carboxylic acids is 1. The Morgan fingerprint density at radius 2 is 1.53 bits per heavy atom. The number of fused-ring (bicyclic) bond motifs is 2. The van der Waals surface area contributed by atoms with E-state index in [0.717, 1.165) is 24.3 Å². The van der Waals surface area contributed by atoms with Crippen LogP contribution in [-0.4, -0.2) is 71.3 Å². The van der Waals surface area contributed by atoms with E-state index in [1.54, 1.807) is 6.07 Å². The number of carboxylic acid groups (broad SMARTS) is 1. The van der Waals surface area contributed by atoms with Crippen molar-refractivity contribution < 1.29 is 177 Å². The molecule has 6 rings (SSSR count). The third kappa shape index (κ3) is 11.6. The minimum absolute atomic E-state index is 0. The van der Waals surface area contributed by atoms with Crippen LogP contribution >= 0.6 is 11.6 Å². The molecule has 28 heteroatoms. The molecular weight excluding hydrogens is 890 g/mol. The summed E-state index contributed by atoms with van der Waals surface area (Å²) in [5.41, 5.74) is -2.85. The van der Waals surface area contributed by atoms with Crippen molar-refractivity contribution in [3.63, 3.8) is 0 Å². The van der Waals surface area contributed by atoms with Crippen molar-refractivity contribution in [2.24, 2.45) is 15.1 Å². The molecule has 4 N–H and O–H groups in total. The molecule has 0 atom stereocenters. The number of hydrogen-bond donors (Lipinski definition) is 4. The van der Waals surface area contributed by atoms with Crippen LogP contribution in [0, 0.1) is 0 Å². The van der Waals surface area contributed by atoms with Crippen LogP contribution in [0.1, 0.15) is 26.3 Å². The van der Waals surface area contributed by atoms with Crippen LogP contribution in [-0.2, 0) is 30.4 Å². The first-order chi connectivity index (χ1) is 25.2. The summed E-state index contributed by atoms with van der Waals surface area (Å²) in [7, 11) is -16.0. The van der Waals surface area contributed by atoms with Crippen molar-refractivity contribution in [1.82, 2.24) is 15.0 Å². The van der Waals surface area contributed by atoms with E-state index in [9.17, 15) is 58.7 Å². The second-order valence-electron chi connectivity index (χ2n) is 10.9. The van der Waals surface area contributed by atoms with Crippen LogP contribution in [0.4, 0.5) is 17.1 Å². The predicted octanol–water partition coefficient (Wildman–Crippen LogP) is -11.8. The summed E-state index contributed by atoms with van der Waals surface area (Å²) in [6.45, 7) is 0. The molecule has 1 aliphatic carbocycles. The van der Waals surface area contributed by atoms with Gasteiger partial charge >= 0.3 is 118 Å². The summed E-state index contributed by atoms with van der Waals surface area (Å²) in [6, 6.07) is 12.6. The minimum atomic E-state index is -5.61. The van der Waals surface area contributed by atoms with E-state index in [-0.39, 0.29) is 135 Å². The average Bonchev–Trinajstić information content (AvgIpc) is 3.05. The molecule has 1 aliphatic rings. The van der Waals surface area contributed by atoms with E-state index in [1.807, 2.05) is 0 Å². The van der Waals surface area contributed by atoms with Crippen molar-refractivity contribution in [3.05, 3.63) is 105 Å². The number of nitrogens with zero attached hydrogens (tertiary/aromatic N) is 4. The van der Waals surface area contributed by atoms with E-state index in [4.69, 9.17) is 11.6 Å². The Kier molecular flexibility index (Phi) is 18.1. The quantitative estimate of drug-likeness (QED) is 0.0638. The zero-order valence-electron chi connectivity index (χ0n) is 30.2. The number of allylic oxidation sites excluding steroid dienone is 1. The Balaban J connectivity index is 0.00000290. The molecule has 5 aromatic rings. The van der Waals surface area contributed by atoms with Gasteiger partial charge in [-0.15, -0.1) is 0 Å². The molecule has 0 bridgehead atoms. The molecule has 0 aliphatic heterocycles. The first kappa shape index (κ1) is 52.1. The Labute approximate surface area is 420 Å². The summed E-state index contributed by atoms with van der Waals surface area (Å²) in [5.74, 6) is -4.08. The third-order valence-corrected chi connectivity index (χ3v) is 10.2. The maximum atomic E-state index is 14.0. The van der Waals surface area contributed by atoms with Crippen LogP contribution in [0.25, 0.3) is 16.8 Å². The molecule has 0 fully saturated rings. The Bertz CT molecular complexity index is 3050. The minimum Gasteiger partial charge on any atom is -0.872 e. The van der Waals surface area contributed by atoms with Gasteiger partial charge in [0.1, 0.15) is 30.8 Å². The van der Waals surface area contributed by atoms with Crippen LogP contribution in [0.15, 0.2) is 96.5 Å². The fourth-order valence-corrected chi connectivity index (χ4v) is 7.36. The van der Waals surface area contributed by atoms with Gasteiger partial charge in [-0.05, 0) is 64.5 Å². The van der Waals surface area contributed by atoms with Gasteiger partial charge in [-0.25, -0.2) is 26.8 Å². The Hall–Kier alpha value is -2.08. The Morgan fingerprint density at radius 1 is 0.862 bits per heavy atom. The largest absolute Gasteiger partial charge is 1.00 e. The molecular formula is C30H16ClN7Na4O13S3. The second kappa shape index (κ2) is 20.2. The third-order valence-electron chi connectivity index (χ3n) is 7.38. The van der Waals surface area contributed by atoms with Gasteiger partial charge in [0.25, 0.3) is 10.1 Å². The number of hydrogen-bond acceptors (Lipinski definition) is 17. The maximum absolute atomic E-state index is 14.0. The zero-order valence-corrected chi connectivity index (χ0v) is 41.4. The van der Waals surface area contributed by atoms with Crippen LogP contribution < -0.4 is 145 Å². The zero-order chi connectivity index (χ0) is 39.3. The first-order valence-corrected chi connectivity index (χ1v) is 19.0. The summed E-state index contributed by atoms with van der Waals surface area (Å²) in [5, 5.41) is 26.8. The number of rotatable bonds is 8. The van der Waals surface area contributed by atoms with Gasteiger partial charge in [-0.3, -0.25) is 19.8 Å². The van der Waals surface area contributed by atoms with E-state index in [1.165, 1.54) is 24.3 Å². The van der Waals surface area contributed by atoms with Crippen LogP contribution in [0.3, 0.4) is 0 Å². The molecule has 58 heavy (non-hydrogen) atoms. The van der Waals surface area contributed by atoms with Gasteiger partial charge < -0.3 is 29.1 Å². The van der Waals surface area contributed by atoms with Crippen molar-refractivity contribution in [3.8, 4) is 5.75 Å². The molecule has 0 amide bonds. The number of hydrazone groups is 1. The van der Waals surface area contributed by atoms with Gasteiger partial charge in [-0.1, -0.05) is 42.1 Å². The summed E-state index contributed by atoms with van der Waals surface area (Å²) in [4.78, 5) is 38.9. The van der Waals surface area contributed by atoms with E-state index >= 15 is 0 Å². The van der Waals surface area contributed by atoms with Gasteiger partial charge in [0.05, 0.1) is 38.4 Å². The Morgan fingerprint density at radius 3 is 2.14 bits per heavy atom. The number of aromatic amines is 2. The van der Waals surface area contributed by atoms with E-state index in [2.05, 4.69) is 35.5 Å². The number of nitrogens with one attached hydrogen (secondary N) is 3. The number of ketones is 1. The molecule has 1 aromatic heterocycles. The molecule has 0 saturated heterocycles. The molecule has 1 heterocycles. The van der Waals surface area contributed by atoms with Crippen LogP contribution in [0.5, 0.6) is 5.75 Å². The maximum Gasteiger partial charge on any atom is 1.00 e. The van der Waals surface area contributed by atoms with Gasteiger partial charge in [0.15, 0.2) is 0 Å². The summed E-state index contributed by atoms with van der Waals surface area (Å²) < 4.78 is 108. The SMILES string of the molecule is O=C([O-])c1ccc(N=c2nc(Cl)[nH]c(=Nc3cc(S(=O)(=O)[O-])cc4c3C(=O)/C(=N\Nc3ccc5ccccc5c3S(=O)(=O)O)C(S(=O)(=O)[O-])=C4)[nH]2)cc1[O-].[Na+].[Na+].[Na+].[Na+]. The number of Topliss-reactive ketones (excluding diaryl/α,β-unsaturated/α-hetero) is 1. The number of halogens is 1. The van der Waals surface area contributed by atoms with E-state index in [0.29, 0.717) is 23.6 Å². The fraction of sp³-hybridized carbons (Fsp3) is 0. The molecule has 0 spiro atoms. The monoisotopic (exact) mass is 905 g/mol. The summed E-state index contributed by atoms with van der Waals surface area (Å²) >= 11 is 6.06. The molecule has 4 aromatic carbocycles. The number of carbonyl (C=O) groups excluding carboxylic acids is 2. The molecule has 0 radical (unpaired) electrons. The molecule has 20 nitrogen and oxygen atoms in total. The second-order valence-corrected chi connectivity index (χ2v) is 15.3. The van der Waals surface area contributed by atoms with Crippen LogP contribution in [0.2, 0.25) is 5.28 Å². The molecule has 278 valence electrons. The number of H-pyrrole nitrogens is 2. The van der Waals surface area contributed by atoms with Crippen molar-refractivity contribution in [1.29, 1.82) is 0 Å². The first-order valence-electron chi connectivity index (χ1n) is 14.4. The topological polar surface area (TPSA) is 343 Å². The number of aromatic nitrogens is 3. The smallest absolute Gasteiger partial charge is 0.872 e. The number of aromatic carboxylic acids is 1. The fourth-order valence-electron chi connectivity index (χ4n) is 5.16. The normalized spacial score (nSPS) is 14.0. The van der Waals surface area contributed by atoms with Crippen molar-refractivity contribution in [2.45, 2.75) is 9.79 Å². The van der Waals surface area contributed by atoms with Gasteiger partial charge in [0, 0.05) is 5.39 Å². The standard InChI is InChI=1S/C30H20ClN7O13S3.4Na/c31-28-34-29(32-15-6-7-18(27(41)42)21(39)11-15)36-30(35-28)33-20-12-16(52(43,44)45)9-14-10-22(53(46,47)48)24(25(40)23(14)20)38-37-19-8-5-13-3-1-2-4-17(13)26(19)54(49,50)51;;;;/h1-12,37,39H,(H,41,42)(H,43,44,45)(H,46,47,48)(H,49,50,51)(H2,32,33,34,35,36);;;;/q;4*+1/p-4/b38-24-;;;;.